The first-order valence-corrected chi connectivity index (χ1v) is 11.1. The van der Waals surface area contributed by atoms with Gasteiger partial charge < -0.3 is 0 Å². The number of nitrogens with two attached hydrogens (primary N) is 1. The molecule has 3 N–H and O–H groups in total. The third-order valence-corrected chi connectivity index (χ3v) is 6.23. The van der Waals surface area contributed by atoms with E-state index in [1.54, 1.807) is 12.4 Å². The maximum Gasteiger partial charge on any atom is 0.223 e. The van der Waals surface area contributed by atoms with Crippen molar-refractivity contribution >= 4 is 28.8 Å². The molecule has 2 atom stereocenters. The van der Waals surface area contributed by atoms with Crippen LogP contribution in [0.2, 0.25) is 0 Å². The lowest BCUT2D eigenvalue weighted by Gasteiger charge is -2.21. The Morgan fingerprint density at radius 2 is 1.61 bits per heavy atom. The summed E-state index contributed by atoms with van der Waals surface area (Å²) in [6, 6.07) is 20.8. The summed E-state index contributed by atoms with van der Waals surface area (Å²) in [5.41, 5.74) is 8.14. The summed E-state index contributed by atoms with van der Waals surface area (Å²) in [4.78, 5) is 8.37. The molecule has 0 amide bonds. The van der Waals surface area contributed by atoms with Crippen LogP contribution in [0.5, 0.6) is 0 Å². The van der Waals surface area contributed by atoms with Gasteiger partial charge in [0.1, 0.15) is 5.71 Å². The van der Waals surface area contributed by atoms with Crippen LogP contribution < -0.4 is 5.41 Å². The van der Waals surface area contributed by atoms with Gasteiger partial charge in [-0.25, -0.2) is 0 Å². The van der Waals surface area contributed by atoms with Gasteiger partial charge in [-0.3, -0.25) is 20.8 Å². The van der Waals surface area contributed by atoms with E-state index in [1.165, 1.54) is 5.56 Å². The van der Waals surface area contributed by atoms with Crippen LogP contribution >= 0.6 is 0 Å². The average Bonchev–Trinajstić information content (AvgIpc) is 2.86. The molecule has 1 aromatic heterocycles. The van der Waals surface area contributed by atoms with E-state index in [0.29, 0.717) is 23.3 Å². The lowest BCUT2D eigenvalue weighted by Crippen LogP contribution is -2.44. The second-order valence-corrected chi connectivity index (χ2v) is 8.45. The summed E-state index contributed by atoms with van der Waals surface area (Å²) in [6.07, 6.45) is 13.6. The van der Waals surface area contributed by atoms with Crippen LogP contribution in [0.4, 0.5) is 0 Å². The topological polar surface area (TPSA) is 74.7 Å². The Kier molecular flexibility index (Phi) is 5.49. The van der Waals surface area contributed by atoms with Crippen molar-refractivity contribution < 1.29 is 5.41 Å². The molecule has 2 aromatic carbocycles. The van der Waals surface area contributed by atoms with Crippen LogP contribution in [0.25, 0.3) is 22.3 Å². The van der Waals surface area contributed by atoms with Crippen LogP contribution in [0, 0.1) is 11.3 Å². The third-order valence-electron chi connectivity index (χ3n) is 6.23. The second-order valence-electron chi connectivity index (χ2n) is 8.45. The molecule has 0 bridgehead atoms. The van der Waals surface area contributed by atoms with Crippen molar-refractivity contribution in [1.82, 2.24) is 4.98 Å². The highest BCUT2D eigenvalue weighted by Gasteiger charge is 2.23. The predicted octanol–water partition coefficient (Wildman–Crippen LogP) is 4.77. The number of rotatable bonds is 4. The summed E-state index contributed by atoms with van der Waals surface area (Å²) in [5.74, 6) is 0.643. The maximum atomic E-state index is 8.64. The van der Waals surface area contributed by atoms with Gasteiger partial charge in [-0.15, -0.1) is 0 Å². The molecule has 2 unspecified atom stereocenters. The van der Waals surface area contributed by atoms with Gasteiger partial charge in [-0.1, -0.05) is 55.5 Å². The fourth-order valence-corrected chi connectivity index (χ4v) is 4.41. The van der Waals surface area contributed by atoms with E-state index in [2.05, 4.69) is 65.5 Å². The number of nitrogens with one attached hydrogen (secondary N) is 1. The van der Waals surface area contributed by atoms with Crippen molar-refractivity contribution in [3.05, 3.63) is 114 Å². The Labute approximate surface area is 193 Å². The molecule has 0 radical (unpaired) electrons. The van der Waals surface area contributed by atoms with Crippen LogP contribution in [-0.4, -0.2) is 22.6 Å². The molecule has 3 aromatic rings. The summed E-state index contributed by atoms with van der Waals surface area (Å²) in [5, 5.41) is 15.0. The van der Waals surface area contributed by atoms with E-state index in [-0.39, 0.29) is 0 Å². The van der Waals surface area contributed by atoms with Gasteiger partial charge in [0.25, 0.3) is 0 Å². The molecule has 2 aliphatic rings. The van der Waals surface area contributed by atoms with Gasteiger partial charge in [0, 0.05) is 48.3 Å². The van der Waals surface area contributed by atoms with Gasteiger partial charge in [0.05, 0.1) is 0 Å². The predicted molar refractivity (Wildman–Crippen MR) is 136 cm³/mol. The Morgan fingerprint density at radius 3 is 2.42 bits per heavy atom. The molecule has 1 aliphatic heterocycles. The van der Waals surface area contributed by atoms with Crippen molar-refractivity contribution in [3.8, 4) is 11.1 Å². The molecule has 2 heterocycles. The lowest BCUT2D eigenvalue weighted by atomic mass is 9.83. The highest BCUT2D eigenvalue weighted by Crippen LogP contribution is 2.33. The highest BCUT2D eigenvalue weighted by molar-refractivity contribution is 6.60. The third kappa shape index (κ3) is 4.15. The molecule has 0 fully saturated rings. The number of hydrogen-bond acceptors (Lipinski definition) is 3. The molecule has 0 saturated carbocycles. The number of benzene rings is 2. The SMILES string of the molecule is CC1C=NC=CC1c1cccc(C2=CC(=[NH2+])C(=N)C(c3cccc(-c4ccncc4)c3)=C2)c1. The van der Waals surface area contributed by atoms with Gasteiger partial charge in [0.15, 0.2) is 0 Å². The molecular weight excluding hydrogens is 404 g/mol. The maximum absolute atomic E-state index is 8.64. The molecule has 4 nitrogen and oxygen atoms in total. The van der Waals surface area contributed by atoms with Crippen molar-refractivity contribution in [2.75, 3.05) is 0 Å². The summed E-state index contributed by atoms with van der Waals surface area (Å²) in [7, 11) is 0. The number of allylic oxidation sites excluding steroid dienone is 5. The van der Waals surface area contributed by atoms with E-state index in [1.807, 2.05) is 42.8 Å². The molecule has 5 rings (SSSR count). The van der Waals surface area contributed by atoms with Gasteiger partial charge >= 0.3 is 0 Å². The first-order valence-electron chi connectivity index (χ1n) is 11.1. The van der Waals surface area contributed by atoms with Crippen LogP contribution in [0.3, 0.4) is 0 Å². The molecule has 0 saturated heterocycles. The van der Waals surface area contributed by atoms with Crippen LogP contribution in [0.1, 0.15) is 29.5 Å². The average molecular weight is 430 g/mol. The summed E-state index contributed by atoms with van der Waals surface area (Å²) < 4.78 is 0. The Bertz CT molecular complexity index is 1360. The number of aliphatic imine (C=N–C) groups is 1. The second kappa shape index (κ2) is 8.75. The van der Waals surface area contributed by atoms with Crippen molar-refractivity contribution in [2.45, 2.75) is 12.8 Å². The summed E-state index contributed by atoms with van der Waals surface area (Å²) in [6.45, 7) is 2.19. The minimum atomic E-state index is 0.298. The number of nitrogens with zero attached hydrogens (tertiary/aromatic N) is 2. The Balaban J connectivity index is 1.53. The minimum absolute atomic E-state index is 0.298. The van der Waals surface area contributed by atoms with Gasteiger partial charge in [0.2, 0.25) is 5.71 Å². The molecule has 33 heavy (non-hydrogen) atoms. The number of aromatic nitrogens is 1. The smallest absolute Gasteiger partial charge is 0.223 e. The fourth-order valence-electron chi connectivity index (χ4n) is 4.41. The zero-order chi connectivity index (χ0) is 22.8. The fraction of sp³-hybridized carbons (Fsp3) is 0.103. The Hall–Kier alpha value is -4.18. The summed E-state index contributed by atoms with van der Waals surface area (Å²) >= 11 is 0. The highest BCUT2D eigenvalue weighted by atomic mass is 14.7. The van der Waals surface area contributed by atoms with Crippen molar-refractivity contribution in [1.29, 1.82) is 5.41 Å². The van der Waals surface area contributed by atoms with Gasteiger partial charge in [-0.2, -0.15) is 0 Å². The lowest BCUT2D eigenvalue weighted by molar-refractivity contribution is -0.108. The quantitative estimate of drug-likeness (QED) is 0.576. The number of hydrogen-bond donors (Lipinski definition) is 2. The van der Waals surface area contributed by atoms with E-state index in [4.69, 9.17) is 10.8 Å². The monoisotopic (exact) mass is 429 g/mol. The first kappa shape index (κ1) is 20.7. The standard InChI is InChI=1S/C29H24N4/c1-19-18-33-13-10-26(19)23-6-3-5-22(15-23)25-16-27(29(31)28(30)17-25)24-7-2-4-21(14-24)20-8-11-32-12-9-20/h2-19,26,30-31H,1H3/p+1. The molecule has 1 aliphatic carbocycles. The molecular formula is C29H25N4+. The van der Waals surface area contributed by atoms with Crippen LogP contribution in [-0.2, 0) is 0 Å². The van der Waals surface area contributed by atoms with E-state index in [0.717, 1.165) is 33.4 Å². The Morgan fingerprint density at radius 1 is 0.848 bits per heavy atom. The van der Waals surface area contributed by atoms with E-state index in [9.17, 15) is 0 Å². The zero-order valence-electron chi connectivity index (χ0n) is 18.4. The normalized spacial score (nSPS) is 19.9. The molecule has 4 heteroatoms. The zero-order valence-corrected chi connectivity index (χ0v) is 18.4. The minimum Gasteiger partial charge on any atom is -0.294 e. The largest absolute Gasteiger partial charge is 0.294 e. The number of pyridine rings is 1. The van der Waals surface area contributed by atoms with Gasteiger partial charge in [-0.05, 0) is 57.7 Å². The molecule has 160 valence electrons. The van der Waals surface area contributed by atoms with Crippen molar-refractivity contribution in [2.24, 2.45) is 10.9 Å². The van der Waals surface area contributed by atoms with E-state index < -0.39 is 0 Å². The first-order chi connectivity index (χ1) is 16.1. The van der Waals surface area contributed by atoms with Crippen LogP contribution in [0.15, 0.2) is 102 Å². The van der Waals surface area contributed by atoms with E-state index >= 15 is 0 Å². The molecule has 0 spiro atoms. The van der Waals surface area contributed by atoms with Crippen molar-refractivity contribution in [3.63, 3.8) is 0 Å².